The van der Waals surface area contributed by atoms with E-state index in [0.717, 1.165) is 52.9 Å². The number of aromatic amines is 1. The van der Waals surface area contributed by atoms with Crippen molar-refractivity contribution in [1.82, 2.24) is 19.7 Å². The molecule has 2 aromatic rings. The van der Waals surface area contributed by atoms with Crippen LogP contribution in [0.25, 0.3) is 10.9 Å². The number of ketones is 1. The number of H-pyrrole nitrogens is 1. The molecular weight excluding hydrogens is 765 g/mol. The van der Waals surface area contributed by atoms with Gasteiger partial charge in [-0.1, -0.05) is 43.7 Å². The minimum absolute atomic E-state index is 0.000341. The third kappa shape index (κ3) is 5.24. The van der Waals surface area contributed by atoms with E-state index in [2.05, 4.69) is 52.1 Å². The zero-order valence-corrected chi connectivity index (χ0v) is 36.0. The highest BCUT2D eigenvalue weighted by atomic mass is 16.6. The van der Waals surface area contributed by atoms with Crippen molar-refractivity contribution in [2.45, 2.75) is 95.2 Å². The van der Waals surface area contributed by atoms with Gasteiger partial charge < -0.3 is 33.9 Å². The summed E-state index contributed by atoms with van der Waals surface area (Å²) in [5.41, 5.74) is 0.685. The normalized spacial score (nSPS) is 37.6. The maximum Gasteiger partial charge on any atom is 0.344 e. The number of nitrogens with zero attached hydrogens (tertiary/aromatic N) is 3. The number of nitrogens with one attached hydrogen (secondary N) is 1. The summed E-state index contributed by atoms with van der Waals surface area (Å²) in [7, 11) is 6.24. The van der Waals surface area contributed by atoms with E-state index in [4.69, 9.17) is 18.9 Å². The first-order chi connectivity index (χ1) is 28.7. The van der Waals surface area contributed by atoms with Crippen LogP contribution in [0.4, 0.5) is 0 Å². The molecule has 2 N–H and O–H groups in total. The number of aliphatic hydroxyl groups is 1. The Morgan fingerprint density at radius 2 is 1.75 bits per heavy atom. The average Bonchev–Trinajstić information content (AvgIpc) is 3.89. The van der Waals surface area contributed by atoms with Crippen LogP contribution in [0, 0.1) is 22.7 Å². The van der Waals surface area contributed by atoms with E-state index in [9.17, 15) is 19.5 Å². The second-order valence-corrected chi connectivity index (χ2v) is 18.3. The van der Waals surface area contributed by atoms with E-state index in [0.29, 0.717) is 44.5 Å². The molecule has 3 unspecified atom stereocenters. The second kappa shape index (κ2) is 14.3. The van der Waals surface area contributed by atoms with Crippen LogP contribution in [-0.4, -0.2) is 133 Å². The lowest BCUT2D eigenvalue weighted by atomic mass is 9.47. The summed E-state index contributed by atoms with van der Waals surface area (Å²) in [4.78, 5) is 66.1. The number of fused-ring (bicyclic) bond motifs is 6. The van der Waals surface area contributed by atoms with Gasteiger partial charge in [0.05, 0.1) is 26.4 Å². The minimum Gasteiger partial charge on any atom is -0.468 e. The van der Waals surface area contributed by atoms with Crippen molar-refractivity contribution in [1.29, 1.82) is 0 Å². The first-order valence-corrected chi connectivity index (χ1v) is 21.5. The number of esters is 3. The average molecular weight is 823 g/mol. The molecule has 3 fully saturated rings. The zero-order valence-electron chi connectivity index (χ0n) is 36.0. The Labute approximate surface area is 351 Å². The summed E-state index contributed by atoms with van der Waals surface area (Å²) in [5, 5.41) is 14.2. The quantitative estimate of drug-likeness (QED) is 0.166. The fourth-order valence-electron chi connectivity index (χ4n) is 13.6. The highest BCUT2D eigenvalue weighted by Gasteiger charge is 2.81. The lowest BCUT2D eigenvalue weighted by Gasteiger charge is -2.63. The smallest absolute Gasteiger partial charge is 0.344 e. The molecule has 0 amide bonds. The molecule has 0 radical (unpaired) electrons. The summed E-state index contributed by atoms with van der Waals surface area (Å²) in [6.45, 7) is 10.5. The van der Waals surface area contributed by atoms with Gasteiger partial charge in [-0.25, -0.2) is 4.79 Å². The van der Waals surface area contributed by atoms with Crippen LogP contribution in [0.2, 0.25) is 0 Å². The number of Topliss-reactive ketones (excluding diaryl/α,β-unsaturated/α-hetero) is 1. The maximum atomic E-state index is 15.3. The van der Waals surface area contributed by atoms with Gasteiger partial charge in [-0.05, 0) is 80.5 Å². The van der Waals surface area contributed by atoms with Crippen molar-refractivity contribution in [2.75, 3.05) is 54.6 Å². The number of allylic oxidation sites excluding steroid dienone is 1. The molecule has 1 aromatic heterocycles. The van der Waals surface area contributed by atoms with Gasteiger partial charge in [0, 0.05) is 97.9 Å². The number of likely N-dealkylation sites (N-methyl/N-ethyl adjacent to an activating group) is 1. The Bertz CT molecular complexity index is 2310. The van der Waals surface area contributed by atoms with Crippen molar-refractivity contribution in [3.05, 3.63) is 82.2 Å². The largest absolute Gasteiger partial charge is 0.468 e. The number of aromatic nitrogens is 1. The third-order valence-corrected chi connectivity index (χ3v) is 15.7. The molecular formula is C47H58N4O9. The van der Waals surface area contributed by atoms with Crippen LogP contribution in [0.5, 0.6) is 0 Å². The molecule has 2 aliphatic carbocycles. The van der Waals surface area contributed by atoms with Crippen molar-refractivity contribution < 1.29 is 43.2 Å². The van der Waals surface area contributed by atoms with Gasteiger partial charge in [0.25, 0.3) is 0 Å². The number of benzene rings is 1. The molecule has 11 atom stereocenters. The Balaban J connectivity index is 1.34. The lowest BCUT2D eigenvalue weighted by Crippen LogP contribution is -2.79. The Kier molecular flexibility index (Phi) is 9.70. The summed E-state index contributed by atoms with van der Waals surface area (Å²) in [6.07, 6.45) is 11.2. The van der Waals surface area contributed by atoms with Crippen molar-refractivity contribution in [3.63, 3.8) is 0 Å². The molecule has 1 saturated carbocycles. The van der Waals surface area contributed by atoms with Crippen LogP contribution < -0.4 is 0 Å². The van der Waals surface area contributed by atoms with Gasteiger partial charge in [0.1, 0.15) is 5.41 Å². The molecule has 9 rings (SSSR count). The van der Waals surface area contributed by atoms with Gasteiger partial charge in [-0.15, -0.1) is 0 Å². The Morgan fingerprint density at radius 1 is 0.983 bits per heavy atom. The molecule has 1 spiro atoms. The monoisotopic (exact) mass is 822 g/mol. The van der Waals surface area contributed by atoms with Gasteiger partial charge >= 0.3 is 17.9 Å². The van der Waals surface area contributed by atoms with E-state index < -0.39 is 63.9 Å². The molecule has 6 heterocycles. The number of likely N-dealkylation sites (tertiary alicyclic amines) is 1. The number of hydrogen-bond acceptors (Lipinski definition) is 12. The molecule has 2 saturated heterocycles. The van der Waals surface area contributed by atoms with Gasteiger partial charge in [0.2, 0.25) is 5.60 Å². The van der Waals surface area contributed by atoms with E-state index in [1.165, 1.54) is 26.7 Å². The minimum atomic E-state index is -2.29. The molecule has 13 nitrogen and oxygen atoms in total. The Morgan fingerprint density at radius 3 is 2.42 bits per heavy atom. The van der Waals surface area contributed by atoms with Crippen molar-refractivity contribution in [2.24, 2.45) is 22.7 Å². The fraction of sp³-hybridized carbons (Fsp3) is 0.574. The molecule has 5 aliphatic heterocycles. The molecule has 320 valence electrons. The first-order valence-electron chi connectivity index (χ1n) is 21.5. The number of carbonyl (C=O) groups excluding carboxylic acids is 4. The second-order valence-electron chi connectivity index (χ2n) is 18.3. The highest BCUT2D eigenvalue weighted by Crippen LogP contribution is 2.70. The van der Waals surface area contributed by atoms with E-state index in [1.54, 1.807) is 14.0 Å². The van der Waals surface area contributed by atoms with Crippen LogP contribution in [0.1, 0.15) is 75.0 Å². The van der Waals surface area contributed by atoms with Crippen molar-refractivity contribution in [3.8, 4) is 0 Å². The van der Waals surface area contributed by atoms with Crippen LogP contribution in [0.3, 0.4) is 0 Å². The zero-order chi connectivity index (χ0) is 42.7. The van der Waals surface area contributed by atoms with E-state index in [-0.39, 0.29) is 17.7 Å². The van der Waals surface area contributed by atoms with Crippen LogP contribution in [0.15, 0.2) is 65.4 Å². The standard InChI is InChI=1S/C47H58N4O9/c1-9-28-18-29-22-46(42(54)58-7,38-32(25-50(23-28)24-29)31-19-30(26(3)52)12-13-35(31)48-38)34-20-33-36(21-37(34)57-6)49(5)40-45(33)15-17-51-16-11-14-44(10-2,39(45)51)41(60-27(4)53)47(40,56)43(55)59-8/h11-14,18-21,29,34,37,39-41,48,56H,9-10,15-17,22-25H2,1-8H3/t29-,34?,37?,39+,40-,41-,44-,45-,46+,47+/m1/s1. The van der Waals surface area contributed by atoms with Crippen LogP contribution in [-0.2, 0) is 45.3 Å². The predicted molar refractivity (Wildman–Crippen MR) is 223 cm³/mol. The third-order valence-electron chi connectivity index (χ3n) is 15.7. The number of rotatable bonds is 8. The summed E-state index contributed by atoms with van der Waals surface area (Å²) in [6, 6.07) is 4.50. The van der Waals surface area contributed by atoms with Gasteiger partial charge in [-0.2, -0.15) is 0 Å². The fourth-order valence-corrected chi connectivity index (χ4v) is 13.6. The van der Waals surface area contributed by atoms with E-state index in [1.807, 2.05) is 37.1 Å². The highest BCUT2D eigenvalue weighted by molar-refractivity contribution is 6.00. The summed E-state index contributed by atoms with van der Waals surface area (Å²) < 4.78 is 24.1. The number of methoxy groups -OCH3 is 3. The van der Waals surface area contributed by atoms with Crippen LogP contribution >= 0.6 is 0 Å². The lowest BCUT2D eigenvalue weighted by molar-refractivity contribution is -0.243. The predicted octanol–water partition coefficient (Wildman–Crippen LogP) is 4.60. The number of hydrogen-bond donors (Lipinski definition) is 2. The molecule has 2 bridgehead atoms. The van der Waals surface area contributed by atoms with E-state index >= 15 is 4.79 Å². The molecule has 60 heavy (non-hydrogen) atoms. The summed E-state index contributed by atoms with van der Waals surface area (Å²) >= 11 is 0. The van der Waals surface area contributed by atoms with Crippen molar-refractivity contribution >= 4 is 34.6 Å². The number of ether oxygens (including phenoxy) is 4. The molecule has 13 heteroatoms. The SMILES string of the molecule is CCC1=C[C@H]2CN(C1)Cc1c([nH]c3ccc(C(C)=O)cc13)[C@@](C(=O)OC)(C1C=C3C(=CC1OC)N(C)[C@H]1[C@@](O)(C(=O)OC)[C@H](OC(C)=O)[C@]4(CC)C=CCN5CC[C@]31[C@@H]54)C2. The molecule has 1 aromatic carbocycles. The van der Waals surface area contributed by atoms with Gasteiger partial charge in [-0.3, -0.25) is 24.2 Å². The Hall–Kier alpha value is -4.56. The maximum absolute atomic E-state index is 15.3. The summed E-state index contributed by atoms with van der Waals surface area (Å²) in [5.74, 6) is -2.52. The number of carbonyl (C=O) groups is 4. The van der Waals surface area contributed by atoms with Gasteiger partial charge in [0.15, 0.2) is 11.9 Å². The first kappa shape index (κ1) is 40.8. The topological polar surface area (TPSA) is 151 Å². The molecule has 7 aliphatic rings.